The first-order valence-corrected chi connectivity index (χ1v) is 9.94. The van der Waals surface area contributed by atoms with E-state index < -0.39 is 15.6 Å². The predicted octanol–water partition coefficient (Wildman–Crippen LogP) is 2.10. The second kappa shape index (κ2) is 7.01. The molecule has 0 aliphatic carbocycles. The largest absolute Gasteiger partial charge is 0.347 e. The number of rotatable bonds is 5. The topological polar surface area (TPSA) is 66.5 Å². The van der Waals surface area contributed by atoms with Gasteiger partial charge in [0.2, 0.25) is 15.9 Å². The third-order valence-corrected chi connectivity index (χ3v) is 6.01. The first kappa shape index (κ1) is 17.9. The van der Waals surface area contributed by atoms with Crippen LogP contribution in [-0.2, 0) is 20.4 Å². The number of benzene rings is 1. The highest BCUT2D eigenvalue weighted by atomic mass is 32.2. The van der Waals surface area contributed by atoms with Crippen molar-refractivity contribution in [1.29, 1.82) is 0 Å². The van der Waals surface area contributed by atoms with Crippen LogP contribution in [0.25, 0.3) is 0 Å². The van der Waals surface area contributed by atoms with Crippen LogP contribution in [0, 0.1) is 5.92 Å². The maximum atomic E-state index is 12.7. The van der Waals surface area contributed by atoms with Crippen molar-refractivity contribution >= 4 is 15.9 Å². The Morgan fingerprint density at radius 1 is 1.35 bits per heavy atom. The summed E-state index contributed by atoms with van der Waals surface area (Å²) in [6.07, 6.45) is 3.42. The Balaban J connectivity index is 2.11. The predicted molar refractivity (Wildman–Crippen MR) is 91.4 cm³/mol. The van der Waals surface area contributed by atoms with Gasteiger partial charge in [0.1, 0.15) is 0 Å². The molecular weight excluding hydrogens is 312 g/mol. The normalized spacial score (nSPS) is 22.3. The number of hydrogen-bond donors (Lipinski definition) is 1. The van der Waals surface area contributed by atoms with E-state index in [0.717, 1.165) is 24.8 Å². The smallest absolute Gasteiger partial charge is 0.225 e. The monoisotopic (exact) mass is 338 g/mol. The maximum Gasteiger partial charge on any atom is 0.225 e. The highest BCUT2D eigenvalue weighted by molar-refractivity contribution is 7.88. The van der Waals surface area contributed by atoms with Gasteiger partial charge in [-0.3, -0.25) is 4.79 Å². The first-order chi connectivity index (χ1) is 10.8. The summed E-state index contributed by atoms with van der Waals surface area (Å²) in [4.78, 5) is 12.7. The highest BCUT2D eigenvalue weighted by Gasteiger charge is 2.34. The van der Waals surface area contributed by atoms with Crippen LogP contribution in [0.4, 0.5) is 0 Å². The van der Waals surface area contributed by atoms with Gasteiger partial charge in [0.15, 0.2) is 0 Å². The van der Waals surface area contributed by atoms with Gasteiger partial charge < -0.3 is 5.32 Å². The summed E-state index contributed by atoms with van der Waals surface area (Å²) in [5.41, 5.74) is 0.623. The molecule has 1 heterocycles. The number of sulfonamides is 1. The molecule has 128 valence electrons. The fraction of sp³-hybridized carbons (Fsp3) is 0.588. The van der Waals surface area contributed by atoms with Gasteiger partial charge in [-0.05, 0) is 31.7 Å². The third-order valence-electron chi connectivity index (χ3n) is 4.74. The van der Waals surface area contributed by atoms with E-state index in [2.05, 4.69) is 5.32 Å². The van der Waals surface area contributed by atoms with Crippen molar-refractivity contribution in [3.8, 4) is 0 Å². The van der Waals surface area contributed by atoms with E-state index in [-0.39, 0.29) is 18.4 Å². The van der Waals surface area contributed by atoms with Crippen LogP contribution in [0.2, 0.25) is 0 Å². The molecule has 0 radical (unpaired) electrons. The minimum Gasteiger partial charge on any atom is -0.347 e. The zero-order chi connectivity index (χ0) is 17.1. The van der Waals surface area contributed by atoms with E-state index in [1.54, 1.807) is 0 Å². The minimum absolute atomic E-state index is 0.0634. The molecule has 2 atom stereocenters. The second-order valence-corrected chi connectivity index (χ2v) is 8.48. The number of nitrogens with zero attached hydrogens (tertiary/aromatic N) is 1. The zero-order valence-electron chi connectivity index (χ0n) is 14.1. The van der Waals surface area contributed by atoms with Crippen LogP contribution in [0.3, 0.4) is 0 Å². The summed E-state index contributed by atoms with van der Waals surface area (Å²) in [6, 6.07) is 9.89. The van der Waals surface area contributed by atoms with Gasteiger partial charge in [0.25, 0.3) is 0 Å². The molecule has 0 saturated carbocycles. The average molecular weight is 338 g/mol. The van der Waals surface area contributed by atoms with E-state index in [1.165, 1.54) is 10.6 Å². The zero-order valence-corrected chi connectivity index (χ0v) is 14.9. The van der Waals surface area contributed by atoms with Gasteiger partial charge in [0.05, 0.1) is 17.7 Å². The Morgan fingerprint density at radius 2 is 2.00 bits per heavy atom. The van der Waals surface area contributed by atoms with Crippen molar-refractivity contribution in [2.24, 2.45) is 5.92 Å². The lowest BCUT2D eigenvalue weighted by molar-refractivity contribution is -0.128. The van der Waals surface area contributed by atoms with Crippen LogP contribution in [-0.4, -0.2) is 38.0 Å². The van der Waals surface area contributed by atoms with Crippen molar-refractivity contribution < 1.29 is 13.2 Å². The lowest BCUT2D eigenvalue weighted by Crippen LogP contribution is -2.50. The van der Waals surface area contributed by atoms with E-state index in [1.807, 2.05) is 44.2 Å². The van der Waals surface area contributed by atoms with E-state index in [0.29, 0.717) is 6.54 Å². The second-order valence-electron chi connectivity index (χ2n) is 6.50. The van der Waals surface area contributed by atoms with Crippen molar-refractivity contribution in [2.45, 2.75) is 38.6 Å². The van der Waals surface area contributed by atoms with Crippen LogP contribution in [0.15, 0.2) is 30.3 Å². The molecule has 1 aromatic rings. The number of piperidine rings is 1. The number of nitrogens with one attached hydrogen (secondary N) is 1. The van der Waals surface area contributed by atoms with Gasteiger partial charge in [-0.1, -0.05) is 37.3 Å². The SMILES string of the molecule is CCC(C)(NC(=O)C1CCCN(S(C)(=O)=O)C1)c1ccccc1. The van der Waals surface area contributed by atoms with E-state index in [4.69, 9.17) is 0 Å². The first-order valence-electron chi connectivity index (χ1n) is 8.09. The highest BCUT2D eigenvalue weighted by Crippen LogP contribution is 2.26. The van der Waals surface area contributed by atoms with Crippen molar-refractivity contribution in [3.05, 3.63) is 35.9 Å². The quantitative estimate of drug-likeness (QED) is 0.894. The van der Waals surface area contributed by atoms with E-state index >= 15 is 0 Å². The fourth-order valence-electron chi connectivity index (χ4n) is 3.00. The molecule has 6 heteroatoms. The summed E-state index contributed by atoms with van der Waals surface area (Å²) in [7, 11) is -3.24. The summed E-state index contributed by atoms with van der Waals surface area (Å²) < 4.78 is 24.8. The summed E-state index contributed by atoms with van der Waals surface area (Å²) >= 11 is 0. The number of amides is 1. The fourth-order valence-corrected chi connectivity index (χ4v) is 3.91. The molecule has 1 aliphatic heterocycles. The Morgan fingerprint density at radius 3 is 2.57 bits per heavy atom. The molecule has 23 heavy (non-hydrogen) atoms. The molecular formula is C17H26N2O3S. The molecule has 1 N–H and O–H groups in total. The average Bonchev–Trinajstić information content (AvgIpc) is 2.55. The van der Waals surface area contributed by atoms with Crippen LogP contribution in [0.1, 0.15) is 38.7 Å². The van der Waals surface area contributed by atoms with Crippen molar-refractivity contribution in [1.82, 2.24) is 9.62 Å². The minimum atomic E-state index is -3.24. The molecule has 0 spiro atoms. The Bertz CT molecular complexity index is 645. The van der Waals surface area contributed by atoms with Gasteiger partial charge in [-0.25, -0.2) is 12.7 Å². The Labute approximate surface area is 139 Å². The lowest BCUT2D eigenvalue weighted by atomic mass is 9.88. The molecule has 2 unspecified atom stereocenters. The molecule has 5 nitrogen and oxygen atoms in total. The Kier molecular flexibility index (Phi) is 5.47. The summed E-state index contributed by atoms with van der Waals surface area (Å²) in [6.45, 7) is 4.83. The molecule has 1 fully saturated rings. The lowest BCUT2D eigenvalue weighted by Gasteiger charge is -2.35. The molecule has 1 aliphatic rings. The molecule has 1 amide bonds. The van der Waals surface area contributed by atoms with Gasteiger partial charge in [-0.15, -0.1) is 0 Å². The summed E-state index contributed by atoms with van der Waals surface area (Å²) in [5, 5.41) is 3.14. The number of hydrogen-bond acceptors (Lipinski definition) is 3. The van der Waals surface area contributed by atoms with Crippen LogP contribution in [0.5, 0.6) is 0 Å². The number of carbonyl (C=O) groups is 1. The van der Waals surface area contributed by atoms with Crippen LogP contribution < -0.4 is 5.32 Å². The van der Waals surface area contributed by atoms with Gasteiger partial charge in [0, 0.05) is 13.1 Å². The molecule has 2 rings (SSSR count). The van der Waals surface area contributed by atoms with Crippen molar-refractivity contribution in [2.75, 3.05) is 19.3 Å². The van der Waals surface area contributed by atoms with Crippen LogP contribution >= 0.6 is 0 Å². The van der Waals surface area contributed by atoms with Crippen molar-refractivity contribution in [3.63, 3.8) is 0 Å². The van der Waals surface area contributed by atoms with E-state index in [9.17, 15) is 13.2 Å². The molecule has 1 aromatic carbocycles. The maximum absolute atomic E-state index is 12.7. The Hall–Kier alpha value is -1.40. The molecule has 0 bridgehead atoms. The standard InChI is InChI=1S/C17H26N2O3S/c1-4-17(2,15-10-6-5-7-11-15)18-16(20)14-9-8-12-19(13-14)23(3,21)22/h5-7,10-11,14H,4,8-9,12-13H2,1-3H3,(H,18,20). The summed E-state index contributed by atoms with van der Waals surface area (Å²) in [5.74, 6) is -0.348. The van der Waals surface area contributed by atoms with Gasteiger partial charge in [-0.2, -0.15) is 0 Å². The molecule has 0 aromatic heterocycles. The number of carbonyl (C=O) groups excluding carboxylic acids is 1. The third kappa shape index (κ3) is 4.32. The van der Waals surface area contributed by atoms with Gasteiger partial charge >= 0.3 is 0 Å². The molecule has 1 saturated heterocycles.